The van der Waals surface area contributed by atoms with Gasteiger partial charge in [-0.15, -0.1) is 0 Å². The summed E-state index contributed by atoms with van der Waals surface area (Å²) in [4.78, 5) is 30.1. The zero-order chi connectivity index (χ0) is 18.8. The van der Waals surface area contributed by atoms with E-state index in [0.29, 0.717) is 22.4 Å². The Labute approximate surface area is 153 Å². The fraction of sp³-hybridized carbons (Fsp3) is 0. The lowest BCUT2D eigenvalue weighted by Gasteiger charge is -2.12. The summed E-state index contributed by atoms with van der Waals surface area (Å²) in [6, 6.07) is 19.4. The Morgan fingerprint density at radius 1 is 0.963 bits per heavy atom. The highest BCUT2D eigenvalue weighted by Gasteiger charge is 2.17. The lowest BCUT2D eigenvalue weighted by molar-refractivity contribution is 0.102. The molecule has 1 N–H and O–H groups in total. The number of nitrogens with zero attached hydrogens (tertiary/aromatic N) is 2. The molecule has 0 unspecified atom stereocenters. The van der Waals surface area contributed by atoms with Crippen LogP contribution in [0.4, 0.5) is 10.1 Å². The molecule has 0 aliphatic carbocycles. The molecular weight excluding hydrogens is 345 g/mol. The highest BCUT2D eigenvalue weighted by molar-refractivity contribution is 6.05. The maximum Gasteiger partial charge on any atom is 0.269 e. The monoisotopic (exact) mass is 359 g/mol. The summed E-state index contributed by atoms with van der Waals surface area (Å²) in [5.74, 6) is -0.974. The van der Waals surface area contributed by atoms with Crippen LogP contribution in [-0.4, -0.2) is 15.5 Å². The van der Waals surface area contributed by atoms with E-state index in [9.17, 15) is 14.0 Å². The summed E-state index contributed by atoms with van der Waals surface area (Å²) in [6.45, 7) is 0. The fourth-order valence-corrected chi connectivity index (χ4v) is 2.85. The second kappa shape index (κ2) is 6.84. The first kappa shape index (κ1) is 16.7. The summed E-state index contributed by atoms with van der Waals surface area (Å²) in [5.41, 5.74) is 0.976. The molecule has 0 fully saturated rings. The van der Waals surface area contributed by atoms with Gasteiger partial charge in [0.2, 0.25) is 0 Å². The van der Waals surface area contributed by atoms with Crippen LogP contribution < -0.4 is 10.9 Å². The van der Waals surface area contributed by atoms with Crippen molar-refractivity contribution in [1.82, 2.24) is 9.55 Å². The molecule has 27 heavy (non-hydrogen) atoms. The van der Waals surface area contributed by atoms with Gasteiger partial charge in [0.25, 0.3) is 11.5 Å². The highest BCUT2D eigenvalue weighted by Crippen LogP contribution is 2.17. The SMILES string of the molecule is O=C(Nc1ccc(F)cc1)c1cc2cccnc2n(-c2ccccc2)c1=O. The number of para-hydroxylation sites is 1. The van der Waals surface area contributed by atoms with Gasteiger partial charge in [0.05, 0.1) is 5.69 Å². The standard InChI is InChI=1S/C21H14FN3O2/c22-15-8-10-16(11-9-15)24-20(26)18-13-14-5-4-12-23-19(14)25(21(18)27)17-6-2-1-3-7-17/h1-13H,(H,24,26). The third-order valence-electron chi connectivity index (χ3n) is 4.12. The number of nitrogens with one attached hydrogen (secondary N) is 1. The molecule has 0 bridgehead atoms. The van der Waals surface area contributed by atoms with Crippen molar-refractivity contribution in [2.45, 2.75) is 0 Å². The normalized spacial score (nSPS) is 10.7. The number of hydrogen-bond acceptors (Lipinski definition) is 3. The van der Waals surface area contributed by atoms with Crippen LogP contribution in [0.5, 0.6) is 0 Å². The van der Waals surface area contributed by atoms with Gasteiger partial charge < -0.3 is 5.32 Å². The summed E-state index contributed by atoms with van der Waals surface area (Å²) in [5, 5.41) is 3.29. The fourth-order valence-electron chi connectivity index (χ4n) is 2.85. The number of fused-ring (bicyclic) bond motifs is 1. The molecule has 2 heterocycles. The first-order valence-corrected chi connectivity index (χ1v) is 8.26. The van der Waals surface area contributed by atoms with Gasteiger partial charge in [0.15, 0.2) is 0 Å². The van der Waals surface area contributed by atoms with E-state index in [1.54, 1.807) is 30.5 Å². The minimum absolute atomic E-state index is 0.0244. The number of hydrogen-bond donors (Lipinski definition) is 1. The molecule has 0 atom stereocenters. The molecule has 5 nitrogen and oxygen atoms in total. The van der Waals surface area contributed by atoms with Crippen LogP contribution in [0.25, 0.3) is 16.7 Å². The number of halogens is 1. The van der Waals surface area contributed by atoms with E-state index < -0.39 is 17.3 Å². The predicted octanol–water partition coefficient (Wildman–Crippen LogP) is 3.78. The van der Waals surface area contributed by atoms with Crippen LogP contribution in [0, 0.1) is 5.82 Å². The second-order valence-corrected chi connectivity index (χ2v) is 5.91. The van der Waals surface area contributed by atoms with E-state index in [-0.39, 0.29) is 5.56 Å². The Kier molecular flexibility index (Phi) is 4.22. The van der Waals surface area contributed by atoms with Gasteiger partial charge in [-0.05, 0) is 54.6 Å². The van der Waals surface area contributed by atoms with Gasteiger partial charge in [-0.1, -0.05) is 18.2 Å². The van der Waals surface area contributed by atoms with Crippen molar-refractivity contribution in [2.75, 3.05) is 5.32 Å². The summed E-state index contributed by atoms with van der Waals surface area (Å²) in [7, 11) is 0. The highest BCUT2D eigenvalue weighted by atomic mass is 19.1. The molecule has 2 aromatic carbocycles. The minimum atomic E-state index is -0.568. The minimum Gasteiger partial charge on any atom is -0.322 e. The second-order valence-electron chi connectivity index (χ2n) is 5.91. The maximum absolute atomic E-state index is 13.1. The third-order valence-corrected chi connectivity index (χ3v) is 4.12. The van der Waals surface area contributed by atoms with Crippen LogP contribution in [0.3, 0.4) is 0 Å². The largest absolute Gasteiger partial charge is 0.322 e. The van der Waals surface area contributed by atoms with Gasteiger partial charge in [-0.3, -0.25) is 14.2 Å². The summed E-state index contributed by atoms with van der Waals surface area (Å²) >= 11 is 0. The molecule has 132 valence electrons. The number of carbonyl (C=O) groups excluding carboxylic acids is 1. The third kappa shape index (κ3) is 3.20. The molecule has 0 spiro atoms. The quantitative estimate of drug-likeness (QED) is 0.605. The molecule has 0 radical (unpaired) electrons. The van der Waals surface area contributed by atoms with Crippen LogP contribution in [0.1, 0.15) is 10.4 Å². The number of aromatic nitrogens is 2. The van der Waals surface area contributed by atoms with Gasteiger partial charge in [-0.25, -0.2) is 9.37 Å². The zero-order valence-corrected chi connectivity index (χ0v) is 14.1. The number of pyridine rings is 2. The molecule has 0 saturated carbocycles. The van der Waals surface area contributed by atoms with Gasteiger partial charge >= 0.3 is 0 Å². The topological polar surface area (TPSA) is 64.0 Å². The Morgan fingerprint density at radius 3 is 2.44 bits per heavy atom. The molecular formula is C21H14FN3O2. The van der Waals surface area contributed by atoms with Crippen LogP contribution >= 0.6 is 0 Å². The molecule has 6 heteroatoms. The number of anilines is 1. The smallest absolute Gasteiger partial charge is 0.269 e. The van der Waals surface area contributed by atoms with E-state index >= 15 is 0 Å². The van der Waals surface area contributed by atoms with E-state index in [1.807, 2.05) is 18.2 Å². The van der Waals surface area contributed by atoms with E-state index in [0.717, 1.165) is 0 Å². The molecule has 4 rings (SSSR count). The van der Waals surface area contributed by atoms with Crippen molar-refractivity contribution in [3.63, 3.8) is 0 Å². The van der Waals surface area contributed by atoms with Crippen LogP contribution in [0.15, 0.2) is 83.8 Å². The number of rotatable bonds is 3. The average molecular weight is 359 g/mol. The van der Waals surface area contributed by atoms with Crippen LogP contribution in [0.2, 0.25) is 0 Å². The molecule has 4 aromatic rings. The maximum atomic E-state index is 13.1. The Bertz CT molecular complexity index is 1190. The average Bonchev–Trinajstić information content (AvgIpc) is 2.70. The first-order chi connectivity index (χ1) is 13.1. The zero-order valence-electron chi connectivity index (χ0n) is 14.1. The molecule has 0 saturated heterocycles. The van der Waals surface area contributed by atoms with Crippen molar-refractivity contribution < 1.29 is 9.18 Å². The van der Waals surface area contributed by atoms with Gasteiger partial charge in [-0.2, -0.15) is 0 Å². The van der Waals surface area contributed by atoms with Crippen molar-refractivity contribution in [1.29, 1.82) is 0 Å². The summed E-state index contributed by atoms with van der Waals surface area (Å²) in [6.07, 6.45) is 1.60. The van der Waals surface area contributed by atoms with E-state index in [4.69, 9.17) is 0 Å². The van der Waals surface area contributed by atoms with Crippen LogP contribution in [-0.2, 0) is 0 Å². The Morgan fingerprint density at radius 2 is 1.70 bits per heavy atom. The predicted molar refractivity (Wildman–Crippen MR) is 102 cm³/mol. The van der Waals surface area contributed by atoms with Gasteiger partial charge in [0.1, 0.15) is 17.0 Å². The molecule has 2 aromatic heterocycles. The summed E-state index contributed by atoms with van der Waals surface area (Å²) < 4.78 is 14.5. The Balaban J connectivity index is 1.86. The lowest BCUT2D eigenvalue weighted by atomic mass is 10.1. The van der Waals surface area contributed by atoms with E-state index in [2.05, 4.69) is 10.3 Å². The molecule has 0 aliphatic rings. The first-order valence-electron chi connectivity index (χ1n) is 8.26. The van der Waals surface area contributed by atoms with Gasteiger partial charge in [0, 0.05) is 17.3 Å². The lowest BCUT2D eigenvalue weighted by Crippen LogP contribution is -2.29. The number of amides is 1. The van der Waals surface area contributed by atoms with Crippen molar-refractivity contribution in [3.8, 4) is 5.69 Å². The van der Waals surface area contributed by atoms with Crippen molar-refractivity contribution in [2.24, 2.45) is 0 Å². The van der Waals surface area contributed by atoms with Crippen molar-refractivity contribution >= 4 is 22.6 Å². The number of benzene rings is 2. The Hall–Kier alpha value is -3.80. The number of carbonyl (C=O) groups is 1. The van der Waals surface area contributed by atoms with Crippen molar-refractivity contribution in [3.05, 3.63) is 101 Å². The molecule has 0 aliphatic heterocycles. The van der Waals surface area contributed by atoms with E-state index in [1.165, 1.54) is 34.9 Å². The molecule has 1 amide bonds.